The van der Waals surface area contributed by atoms with Gasteiger partial charge in [-0.3, -0.25) is 4.57 Å². The molecule has 4 nitrogen and oxygen atoms in total. The molecule has 0 rings (SSSR count). The zero-order valence-corrected chi connectivity index (χ0v) is 6.82. The molecule has 0 aromatic rings. The van der Waals surface area contributed by atoms with Crippen LogP contribution in [0.1, 0.15) is 6.92 Å². The van der Waals surface area contributed by atoms with Crippen molar-refractivity contribution in [2.24, 2.45) is 5.73 Å². The van der Waals surface area contributed by atoms with Crippen molar-refractivity contribution in [2.45, 2.75) is 6.92 Å². The lowest BCUT2D eigenvalue weighted by atomic mass is 10.9. The fourth-order valence-electron chi connectivity index (χ4n) is 0.254. The normalized spacial score (nSPS) is 15.9. The summed E-state index contributed by atoms with van der Waals surface area (Å²) in [5.74, 6) is 0. The van der Waals surface area contributed by atoms with Crippen LogP contribution >= 0.6 is 20.0 Å². The quantitative estimate of drug-likeness (QED) is 0.615. The highest BCUT2D eigenvalue weighted by Gasteiger charge is 2.13. The largest absolute Gasteiger partial charge is 0.341 e. The first-order chi connectivity index (χ1) is 3.62. The lowest BCUT2D eigenvalue weighted by Gasteiger charge is -2.05. The van der Waals surface area contributed by atoms with Gasteiger partial charge in [0.15, 0.2) is 0 Å². The Morgan fingerprint density at radius 3 is 2.33 bits per heavy atom. The average Bonchev–Trinajstić information content (AvgIpc) is 1.67. The zero-order chi connectivity index (χ0) is 6.62. The van der Waals surface area contributed by atoms with Crippen molar-refractivity contribution in [1.29, 1.82) is 0 Å². The number of hydrogen-bond acceptors (Lipinski definition) is 3. The van der Waals surface area contributed by atoms with E-state index in [-0.39, 0.29) is 25.3 Å². The molecule has 3 N–H and O–H groups in total. The van der Waals surface area contributed by atoms with E-state index in [1.165, 1.54) is 0 Å². The first-order valence-electron chi connectivity index (χ1n) is 2.29. The fourth-order valence-corrected chi connectivity index (χ4v) is 0.763. The fraction of sp³-hybridized carbons (Fsp3) is 1.00. The van der Waals surface area contributed by atoms with Gasteiger partial charge in [0.2, 0.25) is 0 Å². The summed E-state index contributed by atoms with van der Waals surface area (Å²) >= 11 is 0. The molecule has 0 saturated heterocycles. The Morgan fingerprint density at radius 2 is 2.22 bits per heavy atom. The number of halogens is 1. The summed E-state index contributed by atoms with van der Waals surface area (Å²) in [4.78, 5) is 8.53. The van der Waals surface area contributed by atoms with Gasteiger partial charge in [0.1, 0.15) is 0 Å². The maximum Gasteiger partial charge on any atom is 0.341 e. The molecule has 0 bridgehead atoms. The highest BCUT2D eigenvalue weighted by molar-refractivity contribution is 7.52. The summed E-state index contributed by atoms with van der Waals surface area (Å²) in [6.07, 6.45) is -0.305. The molecule has 0 saturated carbocycles. The Kier molecular flexibility index (Phi) is 7.01. The first-order valence-corrected chi connectivity index (χ1v) is 4.05. The topological polar surface area (TPSA) is 72.5 Å². The van der Waals surface area contributed by atoms with Crippen LogP contribution in [0.3, 0.4) is 0 Å². The minimum absolute atomic E-state index is 0. The molecule has 58 valence electrons. The third-order valence-electron chi connectivity index (χ3n) is 0.562. The van der Waals surface area contributed by atoms with Crippen molar-refractivity contribution >= 4 is 20.0 Å². The van der Waals surface area contributed by atoms with Crippen molar-refractivity contribution in [3.8, 4) is 0 Å². The summed E-state index contributed by atoms with van der Waals surface area (Å²) < 4.78 is 14.8. The maximum absolute atomic E-state index is 10.4. The minimum atomic E-state index is -3.40. The third-order valence-corrected chi connectivity index (χ3v) is 1.68. The van der Waals surface area contributed by atoms with Crippen LogP contribution < -0.4 is 5.73 Å². The van der Waals surface area contributed by atoms with Crippen molar-refractivity contribution in [3.63, 3.8) is 0 Å². The molecule has 0 spiro atoms. The first kappa shape index (κ1) is 12.1. The van der Waals surface area contributed by atoms with Gasteiger partial charge < -0.3 is 15.2 Å². The van der Waals surface area contributed by atoms with Gasteiger partial charge in [-0.05, 0) is 6.92 Å². The molecule has 0 aromatic carbocycles. The van der Waals surface area contributed by atoms with Gasteiger partial charge in [0.25, 0.3) is 0 Å². The van der Waals surface area contributed by atoms with E-state index in [1.807, 2.05) is 0 Å². The molecule has 1 atom stereocenters. The van der Waals surface area contributed by atoms with Crippen molar-refractivity contribution in [2.75, 3.05) is 12.9 Å². The highest BCUT2D eigenvalue weighted by Crippen LogP contribution is 2.38. The van der Waals surface area contributed by atoms with E-state index < -0.39 is 7.60 Å². The highest BCUT2D eigenvalue weighted by atomic mass is 35.5. The average molecular weight is 176 g/mol. The third kappa shape index (κ3) is 6.28. The molecule has 0 radical (unpaired) electrons. The molecule has 9 heavy (non-hydrogen) atoms. The Hall–Kier alpha value is 0.400. The Balaban J connectivity index is 0. The van der Waals surface area contributed by atoms with E-state index in [0.717, 1.165) is 0 Å². The Bertz CT molecular complexity index is 109. The maximum atomic E-state index is 10.4. The van der Waals surface area contributed by atoms with Crippen LogP contribution in [-0.2, 0) is 9.09 Å². The molecule has 0 fully saturated rings. The Labute approximate surface area is 60.3 Å². The summed E-state index contributed by atoms with van der Waals surface area (Å²) in [6, 6.07) is 0. The van der Waals surface area contributed by atoms with Crippen molar-refractivity contribution in [3.05, 3.63) is 0 Å². The van der Waals surface area contributed by atoms with E-state index >= 15 is 0 Å². The van der Waals surface area contributed by atoms with Crippen molar-refractivity contribution < 1.29 is 14.0 Å². The lowest BCUT2D eigenvalue weighted by Crippen LogP contribution is -2.02. The van der Waals surface area contributed by atoms with Crippen LogP contribution in [0.4, 0.5) is 0 Å². The summed E-state index contributed by atoms with van der Waals surface area (Å²) in [7, 11) is -3.40. The standard InChI is InChI=1S/C3H10NO3P.ClH/c1-2-7-8(5,6)3-4;/h2-4H2,1H3,(H,5,6);1H. The van der Waals surface area contributed by atoms with E-state index in [2.05, 4.69) is 4.52 Å². The van der Waals surface area contributed by atoms with Gasteiger partial charge >= 0.3 is 7.60 Å². The summed E-state index contributed by atoms with van der Waals surface area (Å²) in [5.41, 5.74) is 4.85. The predicted octanol–water partition coefficient (Wildman–Crippen LogP) is 0.546. The van der Waals surface area contributed by atoms with Crippen LogP contribution in [-0.4, -0.2) is 17.8 Å². The second-order valence-corrected chi connectivity index (χ2v) is 3.14. The van der Waals surface area contributed by atoms with Crippen LogP contribution in [0, 0.1) is 0 Å². The van der Waals surface area contributed by atoms with E-state index in [1.54, 1.807) is 6.92 Å². The summed E-state index contributed by atoms with van der Waals surface area (Å²) in [6.45, 7) is 1.86. The monoisotopic (exact) mass is 175 g/mol. The molecule has 0 aliphatic carbocycles. The Morgan fingerprint density at radius 1 is 1.78 bits per heavy atom. The van der Waals surface area contributed by atoms with Gasteiger partial charge in [-0.1, -0.05) is 0 Å². The molecule has 6 heteroatoms. The molecule has 0 aromatic heterocycles. The second-order valence-electron chi connectivity index (χ2n) is 1.24. The number of hydrogen-bond donors (Lipinski definition) is 2. The number of nitrogens with two attached hydrogens (primary N) is 1. The van der Waals surface area contributed by atoms with Crippen LogP contribution in [0.15, 0.2) is 0 Å². The molecular formula is C3H11ClNO3P. The van der Waals surface area contributed by atoms with E-state index in [4.69, 9.17) is 10.6 Å². The number of rotatable bonds is 3. The predicted molar refractivity (Wildman–Crippen MR) is 37.8 cm³/mol. The smallest absolute Gasteiger partial charge is 0.323 e. The molecule has 0 aliphatic rings. The van der Waals surface area contributed by atoms with E-state index in [0.29, 0.717) is 0 Å². The SMILES string of the molecule is CCOP(=O)(O)CN.Cl. The van der Waals surface area contributed by atoms with Gasteiger partial charge in [0, 0.05) is 0 Å². The van der Waals surface area contributed by atoms with Gasteiger partial charge in [-0.25, -0.2) is 0 Å². The molecule has 1 unspecified atom stereocenters. The van der Waals surface area contributed by atoms with Gasteiger partial charge in [-0.2, -0.15) is 0 Å². The van der Waals surface area contributed by atoms with Crippen LogP contribution in [0.2, 0.25) is 0 Å². The van der Waals surface area contributed by atoms with Gasteiger partial charge in [-0.15, -0.1) is 12.4 Å². The molecular weight excluding hydrogens is 164 g/mol. The molecule has 0 aliphatic heterocycles. The molecule has 0 heterocycles. The summed E-state index contributed by atoms with van der Waals surface area (Å²) in [5, 5.41) is 0. The zero-order valence-electron chi connectivity index (χ0n) is 5.11. The van der Waals surface area contributed by atoms with Crippen molar-refractivity contribution in [1.82, 2.24) is 0 Å². The van der Waals surface area contributed by atoms with Crippen LogP contribution in [0.25, 0.3) is 0 Å². The lowest BCUT2D eigenvalue weighted by molar-refractivity contribution is 0.274. The van der Waals surface area contributed by atoms with Gasteiger partial charge in [0.05, 0.1) is 12.9 Å². The minimum Gasteiger partial charge on any atom is -0.323 e. The van der Waals surface area contributed by atoms with E-state index in [9.17, 15) is 4.57 Å². The molecule has 0 amide bonds. The van der Waals surface area contributed by atoms with Crippen LogP contribution in [0.5, 0.6) is 0 Å². The second kappa shape index (κ2) is 5.21.